The van der Waals surface area contributed by atoms with Crippen molar-refractivity contribution < 1.29 is 0 Å². The molecule has 4 saturated carbocycles. The fraction of sp³-hybridized carbons (Fsp3) is 0.750. The van der Waals surface area contributed by atoms with Gasteiger partial charge in [-0.1, -0.05) is 11.6 Å². The van der Waals surface area contributed by atoms with Crippen LogP contribution in [0.15, 0.2) is 6.20 Å². The van der Waals surface area contributed by atoms with Crippen molar-refractivity contribution >= 4 is 29.0 Å². The summed E-state index contributed by atoms with van der Waals surface area (Å²) in [5.74, 6) is 3.53. The number of nitrogens with zero attached hydrogens (tertiary/aromatic N) is 2. The molecular formula is C16H21Cl2N3. The lowest BCUT2D eigenvalue weighted by Crippen LogP contribution is -2.53. The minimum Gasteiger partial charge on any atom is -0.366 e. The molecule has 0 aromatic carbocycles. The largest absolute Gasteiger partial charge is 0.366 e. The Hall–Kier alpha value is -0.540. The maximum Gasteiger partial charge on any atom is 0.224 e. The van der Waals surface area contributed by atoms with Crippen molar-refractivity contribution in [1.82, 2.24) is 9.97 Å². The van der Waals surface area contributed by atoms with Crippen LogP contribution in [0.5, 0.6) is 0 Å². The summed E-state index contributed by atoms with van der Waals surface area (Å²) in [6, 6.07) is 0.384. The van der Waals surface area contributed by atoms with Gasteiger partial charge in [-0.25, -0.2) is 4.98 Å². The molecule has 4 bridgehead atoms. The molecule has 21 heavy (non-hydrogen) atoms. The van der Waals surface area contributed by atoms with Crippen LogP contribution in [0.4, 0.5) is 5.82 Å². The van der Waals surface area contributed by atoms with Crippen molar-refractivity contribution in [3.05, 3.63) is 16.5 Å². The van der Waals surface area contributed by atoms with Gasteiger partial charge in [0.25, 0.3) is 0 Å². The second-order valence-electron chi connectivity index (χ2n) is 7.48. The zero-order valence-electron chi connectivity index (χ0n) is 12.3. The predicted octanol–water partition coefficient (Wildman–Crippen LogP) is 4.80. The third kappa shape index (κ3) is 2.43. The van der Waals surface area contributed by atoms with Crippen molar-refractivity contribution in [2.45, 2.75) is 51.5 Å². The van der Waals surface area contributed by atoms with E-state index in [4.69, 9.17) is 23.2 Å². The summed E-state index contributed by atoms with van der Waals surface area (Å²) in [6.07, 6.45) is 10.1. The maximum absolute atomic E-state index is 6.20. The van der Waals surface area contributed by atoms with Crippen LogP contribution in [0.2, 0.25) is 10.3 Å². The van der Waals surface area contributed by atoms with Crippen LogP contribution in [0.1, 0.15) is 45.4 Å². The first-order valence-corrected chi connectivity index (χ1v) is 8.74. The van der Waals surface area contributed by atoms with E-state index in [0.29, 0.717) is 22.3 Å². The van der Waals surface area contributed by atoms with Crippen molar-refractivity contribution in [2.24, 2.45) is 23.2 Å². The number of halogens is 2. The van der Waals surface area contributed by atoms with Gasteiger partial charge in [0.2, 0.25) is 5.28 Å². The van der Waals surface area contributed by atoms with E-state index in [-0.39, 0.29) is 5.28 Å². The summed E-state index contributed by atoms with van der Waals surface area (Å²) >= 11 is 12.1. The lowest BCUT2D eigenvalue weighted by atomic mass is 9.48. The molecule has 1 aromatic rings. The van der Waals surface area contributed by atoms with Crippen LogP contribution in [0.25, 0.3) is 0 Å². The Bertz CT molecular complexity index is 525. The second-order valence-corrected chi connectivity index (χ2v) is 8.23. The maximum atomic E-state index is 6.20. The quantitative estimate of drug-likeness (QED) is 0.811. The van der Waals surface area contributed by atoms with Gasteiger partial charge in [-0.3, -0.25) is 0 Å². The van der Waals surface area contributed by atoms with E-state index in [9.17, 15) is 0 Å². The predicted molar refractivity (Wildman–Crippen MR) is 85.7 cm³/mol. The molecule has 1 heterocycles. The van der Waals surface area contributed by atoms with Crippen molar-refractivity contribution in [3.63, 3.8) is 0 Å². The van der Waals surface area contributed by atoms with E-state index in [1.165, 1.54) is 38.5 Å². The fourth-order valence-electron chi connectivity index (χ4n) is 5.51. The van der Waals surface area contributed by atoms with Crippen LogP contribution in [0, 0.1) is 23.2 Å². The summed E-state index contributed by atoms with van der Waals surface area (Å²) in [7, 11) is 0. The van der Waals surface area contributed by atoms with Gasteiger partial charge in [0, 0.05) is 6.04 Å². The Morgan fingerprint density at radius 1 is 1.14 bits per heavy atom. The highest BCUT2D eigenvalue weighted by Crippen LogP contribution is 2.61. The summed E-state index contributed by atoms with van der Waals surface area (Å²) in [5.41, 5.74) is 0.426. The number of aromatic nitrogens is 2. The van der Waals surface area contributed by atoms with Crippen LogP contribution < -0.4 is 5.32 Å². The molecule has 0 saturated heterocycles. The van der Waals surface area contributed by atoms with Gasteiger partial charge >= 0.3 is 0 Å². The first kappa shape index (κ1) is 14.1. The Kier molecular flexibility index (Phi) is 3.34. The summed E-state index contributed by atoms with van der Waals surface area (Å²) in [6.45, 7) is 2.29. The molecule has 4 aliphatic rings. The van der Waals surface area contributed by atoms with Crippen LogP contribution in [-0.2, 0) is 0 Å². The van der Waals surface area contributed by atoms with E-state index >= 15 is 0 Å². The molecule has 4 aliphatic carbocycles. The Labute approximate surface area is 135 Å². The SMILES string of the molecule is CC(Nc1nc(Cl)ncc1Cl)C12CC3CC(CC(C3)C1)C2. The summed E-state index contributed by atoms with van der Waals surface area (Å²) < 4.78 is 0. The molecule has 0 aliphatic heterocycles. The minimum absolute atomic E-state index is 0.250. The van der Waals surface area contributed by atoms with Gasteiger partial charge < -0.3 is 5.32 Å². The molecule has 1 N–H and O–H groups in total. The molecule has 5 heteroatoms. The lowest BCUT2D eigenvalue weighted by Gasteiger charge is -2.59. The van der Waals surface area contributed by atoms with E-state index < -0.39 is 0 Å². The molecular weight excluding hydrogens is 305 g/mol. The molecule has 4 fully saturated rings. The average Bonchev–Trinajstić information content (AvgIpc) is 2.41. The third-order valence-electron chi connectivity index (χ3n) is 6.07. The van der Waals surface area contributed by atoms with E-state index in [2.05, 4.69) is 22.2 Å². The van der Waals surface area contributed by atoms with Crippen molar-refractivity contribution in [3.8, 4) is 0 Å². The molecule has 1 aromatic heterocycles. The second kappa shape index (κ2) is 4.99. The smallest absolute Gasteiger partial charge is 0.224 e. The summed E-state index contributed by atoms with van der Waals surface area (Å²) in [5, 5.41) is 4.34. The molecule has 1 atom stereocenters. The Morgan fingerprint density at radius 2 is 1.71 bits per heavy atom. The third-order valence-corrected chi connectivity index (χ3v) is 6.53. The van der Waals surface area contributed by atoms with E-state index in [0.717, 1.165) is 17.8 Å². The highest BCUT2D eigenvalue weighted by Gasteiger charge is 2.53. The standard InChI is InChI=1S/C16H21Cl2N3/c1-9(20-14-13(17)8-19-15(18)21-14)16-5-10-2-11(6-16)4-12(3-10)7-16/h8-12H,2-7H2,1H3,(H,19,20,21). The Balaban J connectivity index is 1.57. The molecule has 0 radical (unpaired) electrons. The van der Waals surface area contributed by atoms with Crippen LogP contribution in [-0.4, -0.2) is 16.0 Å². The first-order chi connectivity index (χ1) is 10.0. The van der Waals surface area contributed by atoms with Crippen LogP contribution in [0.3, 0.4) is 0 Å². The van der Waals surface area contributed by atoms with Crippen molar-refractivity contribution in [1.29, 1.82) is 0 Å². The van der Waals surface area contributed by atoms with E-state index in [1.54, 1.807) is 6.20 Å². The molecule has 114 valence electrons. The molecule has 3 nitrogen and oxygen atoms in total. The highest BCUT2D eigenvalue weighted by molar-refractivity contribution is 6.33. The normalized spacial score (nSPS) is 38.5. The van der Waals surface area contributed by atoms with Crippen molar-refractivity contribution in [2.75, 3.05) is 5.32 Å². The van der Waals surface area contributed by atoms with Gasteiger partial charge in [-0.2, -0.15) is 4.98 Å². The number of hydrogen-bond acceptors (Lipinski definition) is 3. The number of rotatable bonds is 3. The summed E-state index contributed by atoms with van der Waals surface area (Å²) in [4.78, 5) is 8.17. The fourth-order valence-corrected chi connectivity index (χ4v) is 5.79. The van der Waals surface area contributed by atoms with Gasteiger partial charge in [0.05, 0.1) is 6.20 Å². The molecule has 5 rings (SSSR count). The van der Waals surface area contributed by atoms with Gasteiger partial charge in [0.1, 0.15) is 10.8 Å². The van der Waals surface area contributed by atoms with E-state index in [1.807, 2.05) is 0 Å². The average molecular weight is 326 g/mol. The molecule has 0 amide bonds. The lowest BCUT2D eigenvalue weighted by molar-refractivity contribution is -0.0603. The minimum atomic E-state index is 0.250. The number of hydrogen-bond donors (Lipinski definition) is 1. The molecule has 0 spiro atoms. The highest BCUT2D eigenvalue weighted by atomic mass is 35.5. The monoisotopic (exact) mass is 325 g/mol. The van der Waals surface area contributed by atoms with Gasteiger partial charge in [-0.05, 0) is 80.2 Å². The number of anilines is 1. The molecule has 1 unspecified atom stereocenters. The zero-order valence-corrected chi connectivity index (χ0v) is 13.8. The Morgan fingerprint density at radius 3 is 2.29 bits per heavy atom. The number of nitrogens with one attached hydrogen (secondary N) is 1. The zero-order chi connectivity index (χ0) is 14.6. The van der Waals surface area contributed by atoms with Crippen LogP contribution >= 0.6 is 23.2 Å². The topological polar surface area (TPSA) is 37.8 Å². The van der Waals surface area contributed by atoms with Gasteiger partial charge in [-0.15, -0.1) is 0 Å². The first-order valence-electron chi connectivity index (χ1n) is 7.99. The van der Waals surface area contributed by atoms with Gasteiger partial charge in [0.15, 0.2) is 0 Å².